The summed E-state index contributed by atoms with van der Waals surface area (Å²) >= 11 is 0. The Balaban J connectivity index is 1.36. The quantitative estimate of drug-likeness (QED) is 0.0646. The second kappa shape index (κ2) is 15.6. The van der Waals surface area contributed by atoms with Crippen molar-refractivity contribution in [2.45, 2.75) is 70.6 Å². The van der Waals surface area contributed by atoms with E-state index < -0.39 is 18.2 Å². The Hall–Kier alpha value is -4.59. The molecule has 1 heterocycles. The van der Waals surface area contributed by atoms with Gasteiger partial charge in [0, 0.05) is 63.6 Å². The minimum Gasteiger partial charge on any atom is -0.372 e. The van der Waals surface area contributed by atoms with Crippen LogP contribution >= 0.6 is 0 Å². The number of ketones is 1. The van der Waals surface area contributed by atoms with Gasteiger partial charge in [0.25, 0.3) is 5.91 Å². The third-order valence-electron chi connectivity index (χ3n) is 6.97. The van der Waals surface area contributed by atoms with Crippen LogP contribution in [-0.2, 0) is 28.7 Å². The minimum absolute atomic E-state index is 0.132. The monoisotopic (exact) mass is 597 g/mol. The summed E-state index contributed by atoms with van der Waals surface area (Å²) in [7, 11) is 0. The zero-order valence-electron chi connectivity index (χ0n) is 24.4. The number of nitrogens with two attached hydrogens (primary N) is 2. The number of aliphatic imine (C=N–C) groups is 1. The molecule has 1 aromatic carbocycles. The number of amides is 5. The number of nitrogens with zero attached hydrogens (tertiary/aromatic N) is 2. The molecule has 5 amide bonds. The average molecular weight is 598 g/mol. The van der Waals surface area contributed by atoms with E-state index in [1.54, 1.807) is 30.3 Å². The van der Waals surface area contributed by atoms with Crippen LogP contribution in [0.3, 0.4) is 0 Å². The van der Waals surface area contributed by atoms with Crippen molar-refractivity contribution in [2.24, 2.45) is 16.5 Å². The third-order valence-corrected chi connectivity index (χ3v) is 6.97. The molecule has 3 unspecified atom stereocenters. The highest BCUT2D eigenvalue weighted by molar-refractivity contribution is 6.07. The van der Waals surface area contributed by atoms with Gasteiger partial charge >= 0.3 is 0 Å². The van der Waals surface area contributed by atoms with Crippen molar-refractivity contribution in [2.75, 3.05) is 25.0 Å². The second-order valence-corrected chi connectivity index (χ2v) is 10.4. The van der Waals surface area contributed by atoms with E-state index in [2.05, 4.69) is 20.9 Å². The van der Waals surface area contributed by atoms with Crippen LogP contribution in [-0.4, -0.2) is 84.1 Å². The van der Waals surface area contributed by atoms with Crippen LogP contribution in [0, 0.1) is 0 Å². The first kappa shape index (κ1) is 32.9. The van der Waals surface area contributed by atoms with Gasteiger partial charge in [0.05, 0.1) is 18.2 Å². The van der Waals surface area contributed by atoms with Crippen LogP contribution in [0.2, 0.25) is 0 Å². The van der Waals surface area contributed by atoms with Gasteiger partial charge in [-0.3, -0.25) is 33.7 Å². The molecule has 1 aromatic rings. The Kier molecular flexibility index (Phi) is 11.9. The molecule has 2 aliphatic rings. The normalized spacial score (nSPS) is 19.4. The average Bonchev–Trinajstić information content (AvgIpc) is 2.93. The molecule has 3 atom stereocenters. The predicted octanol–water partition coefficient (Wildman–Crippen LogP) is 0.125. The first-order valence-corrected chi connectivity index (χ1v) is 14.1. The van der Waals surface area contributed by atoms with E-state index >= 15 is 0 Å². The van der Waals surface area contributed by atoms with Gasteiger partial charge in [0.2, 0.25) is 23.6 Å². The summed E-state index contributed by atoms with van der Waals surface area (Å²) in [4.78, 5) is 77.3. The Labute approximate surface area is 249 Å². The van der Waals surface area contributed by atoms with E-state index in [0.29, 0.717) is 49.2 Å². The van der Waals surface area contributed by atoms with Crippen LogP contribution < -0.4 is 27.4 Å². The molecule has 14 nitrogen and oxygen atoms in total. The lowest BCUT2D eigenvalue weighted by Crippen LogP contribution is -2.53. The maximum absolute atomic E-state index is 12.3. The molecule has 0 aromatic heterocycles. The molecule has 43 heavy (non-hydrogen) atoms. The molecular formula is C29H39N7O7. The largest absolute Gasteiger partial charge is 0.372 e. The number of nitrogens with one attached hydrogen (secondary N) is 3. The Morgan fingerprint density at radius 2 is 1.72 bits per heavy atom. The van der Waals surface area contributed by atoms with Crippen LogP contribution in [0.4, 0.5) is 5.69 Å². The number of ether oxygens (including phenoxy) is 1. The number of imide groups is 1. The van der Waals surface area contributed by atoms with Crippen molar-refractivity contribution in [3.05, 3.63) is 41.5 Å². The highest BCUT2D eigenvalue weighted by atomic mass is 16.5. The number of hydrogen-bond acceptors (Lipinski definition) is 8. The fourth-order valence-corrected chi connectivity index (χ4v) is 4.71. The van der Waals surface area contributed by atoms with E-state index in [9.17, 15) is 28.8 Å². The standard InChI is InChI=1S/C29H39N7O7/c1-17(37)20-15-22(35-29(30)31)27(33-18(2)38)23(16-20)43-14-4-12-32-24(39)5-3-6-25(40)34-21-9-7-19(8-10-21)28(42)36-13-11-26(36)41/h7-10,16,22-23,27H,3-6,11-15H2,1-2H3,(H,32,39)(H,33,38)(H,34,40)(H4,30,31,35). The van der Waals surface area contributed by atoms with Gasteiger partial charge in [-0.1, -0.05) is 0 Å². The summed E-state index contributed by atoms with van der Waals surface area (Å²) in [6.07, 6.45) is 2.77. The molecule has 0 bridgehead atoms. The topological polar surface area (TPSA) is 215 Å². The Morgan fingerprint density at radius 1 is 1.02 bits per heavy atom. The maximum atomic E-state index is 12.3. The van der Waals surface area contributed by atoms with Crippen LogP contribution in [0.5, 0.6) is 0 Å². The lowest BCUT2D eigenvalue weighted by Gasteiger charge is -2.35. The third kappa shape index (κ3) is 10.0. The van der Waals surface area contributed by atoms with Crippen molar-refractivity contribution in [3.8, 4) is 0 Å². The molecule has 1 aliphatic carbocycles. The number of hydrogen-bond donors (Lipinski definition) is 5. The lowest BCUT2D eigenvalue weighted by molar-refractivity contribution is -0.136. The molecule has 0 saturated carbocycles. The first-order valence-electron chi connectivity index (χ1n) is 14.1. The molecule has 7 N–H and O–H groups in total. The molecule has 3 rings (SSSR count). The van der Waals surface area contributed by atoms with Gasteiger partial charge in [-0.05, 0) is 55.7 Å². The zero-order chi connectivity index (χ0) is 31.5. The molecule has 14 heteroatoms. The maximum Gasteiger partial charge on any atom is 0.260 e. The summed E-state index contributed by atoms with van der Waals surface area (Å²) < 4.78 is 5.95. The van der Waals surface area contributed by atoms with Gasteiger partial charge in [-0.15, -0.1) is 0 Å². The number of carbonyl (C=O) groups excluding carboxylic acids is 6. The molecular weight excluding hydrogens is 558 g/mol. The summed E-state index contributed by atoms with van der Waals surface area (Å²) in [5, 5.41) is 8.31. The van der Waals surface area contributed by atoms with Crippen molar-refractivity contribution < 1.29 is 33.5 Å². The zero-order valence-corrected chi connectivity index (χ0v) is 24.4. The molecule has 1 saturated heterocycles. The van der Waals surface area contributed by atoms with Gasteiger partial charge in [-0.2, -0.15) is 0 Å². The number of likely N-dealkylation sites (tertiary alicyclic amines) is 1. The second-order valence-electron chi connectivity index (χ2n) is 10.4. The highest BCUT2D eigenvalue weighted by Crippen LogP contribution is 2.25. The Bertz CT molecular complexity index is 1290. The van der Waals surface area contributed by atoms with Crippen molar-refractivity contribution in [3.63, 3.8) is 0 Å². The van der Waals surface area contributed by atoms with Gasteiger partial charge in [-0.25, -0.2) is 4.99 Å². The van der Waals surface area contributed by atoms with Crippen molar-refractivity contribution in [1.82, 2.24) is 15.5 Å². The number of rotatable bonds is 14. The number of β-lactam (4-membered cyclic amide) rings is 1. The smallest absolute Gasteiger partial charge is 0.260 e. The molecule has 0 spiro atoms. The van der Waals surface area contributed by atoms with Gasteiger partial charge in [0.15, 0.2) is 11.7 Å². The number of anilines is 1. The van der Waals surface area contributed by atoms with Gasteiger partial charge in [0.1, 0.15) is 0 Å². The van der Waals surface area contributed by atoms with E-state index in [1.165, 1.54) is 18.7 Å². The van der Waals surface area contributed by atoms with Crippen LogP contribution in [0.1, 0.15) is 62.7 Å². The van der Waals surface area contributed by atoms with E-state index in [-0.39, 0.29) is 67.1 Å². The summed E-state index contributed by atoms with van der Waals surface area (Å²) in [5.74, 6) is -1.62. The minimum atomic E-state index is -0.639. The molecule has 232 valence electrons. The van der Waals surface area contributed by atoms with E-state index in [0.717, 1.165) is 0 Å². The van der Waals surface area contributed by atoms with Crippen molar-refractivity contribution in [1.29, 1.82) is 0 Å². The summed E-state index contributed by atoms with van der Waals surface area (Å²) in [5.41, 5.74) is 12.5. The summed E-state index contributed by atoms with van der Waals surface area (Å²) in [6.45, 7) is 3.79. The van der Waals surface area contributed by atoms with E-state index in [1.807, 2.05) is 0 Å². The first-order chi connectivity index (χ1) is 20.4. The molecule has 1 aliphatic heterocycles. The fourth-order valence-electron chi connectivity index (χ4n) is 4.71. The van der Waals surface area contributed by atoms with Crippen molar-refractivity contribution >= 4 is 47.0 Å². The highest BCUT2D eigenvalue weighted by Gasteiger charge is 2.36. The van der Waals surface area contributed by atoms with E-state index in [4.69, 9.17) is 16.2 Å². The molecule has 0 radical (unpaired) electrons. The Morgan fingerprint density at radius 3 is 2.30 bits per heavy atom. The number of carbonyl (C=O) groups is 6. The lowest BCUT2D eigenvalue weighted by atomic mass is 9.86. The van der Waals surface area contributed by atoms with Gasteiger partial charge < -0.3 is 32.2 Å². The fraction of sp³-hybridized carbons (Fsp3) is 0.483. The van der Waals surface area contributed by atoms with Crippen LogP contribution in [0.15, 0.2) is 40.9 Å². The number of guanidine groups is 1. The summed E-state index contributed by atoms with van der Waals surface area (Å²) in [6, 6.07) is 5.15. The number of Topliss-reactive ketones (excluding diaryl/α,β-unsaturated/α-hetero) is 1. The van der Waals surface area contributed by atoms with Crippen LogP contribution in [0.25, 0.3) is 0 Å². The predicted molar refractivity (Wildman–Crippen MR) is 158 cm³/mol. The molecule has 1 fully saturated rings. The number of benzene rings is 1. The SMILES string of the molecule is CC(=O)NC1C(N=C(N)N)CC(C(C)=O)=CC1OCCCNC(=O)CCCC(=O)Nc1ccc(C(=O)N2CCC2=O)cc1.